The summed E-state index contributed by atoms with van der Waals surface area (Å²) < 4.78 is 105. The van der Waals surface area contributed by atoms with Gasteiger partial charge in [0, 0.05) is 12.1 Å². The molecule has 6 aromatic rings. The maximum Gasteiger partial charge on any atom is 0.356 e. The summed E-state index contributed by atoms with van der Waals surface area (Å²) in [5.74, 6) is -4.24. The Kier molecular flexibility index (Phi) is 10.9. The highest BCUT2D eigenvalue weighted by Gasteiger charge is 2.29. The van der Waals surface area contributed by atoms with Crippen molar-refractivity contribution in [1.29, 1.82) is 0 Å². The van der Waals surface area contributed by atoms with Gasteiger partial charge in [-0.25, -0.2) is 9.48 Å². The molecule has 0 spiro atoms. The van der Waals surface area contributed by atoms with Gasteiger partial charge in [0.25, 0.3) is 41.6 Å². The molecule has 5 aromatic carbocycles. The Morgan fingerprint density at radius 3 is 1.67 bits per heavy atom. The minimum absolute atomic E-state index is 0.134. The van der Waals surface area contributed by atoms with E-state index in [0.29, 0.717) is 18.2 Å². The summed E-state index contributed by atoms with van der Waals surface area (Å²) in [6, 6.07) is 15.3. The Morgan fingerprint density at radius 1 is 0.650 bits per heavy atom. The topological polar surface area (TPSA) is 396 Å². The first-order valence-corrected chi connectivity index (χ1v) is 20.1. The van der Waals surface area contributed by atoms with Crippen molar-refractivity contribution in [1.82, 2.24) is 9.78 Å². The van der Waals surface area contributed by atoms with Crippen LogP contribution in [0.1, 0.15) is 10.5 Å². The van der Waals surface area contributed by atoms with Crippen molar-refractivity contribution < 1.29 is 63.9 Å². The molecule has 308 valence electrons. The number of phenols is 2. The molecule has 1 aromatic heterocycles. The van der Waals surface area contributed by atoms with Gasteiger partial charge in [-0.2, -0.15) is 35.5 Å². The molecule has 0 radical (unpaired) electrons. The fourth-order valence-electron chi connectivity index (χ4n) is 5.29. The molecule has 0 aliphatic heterocycles. The number of para-hydroxylation sites is 1. The van der Waals surface area contributed by atoms with Crippen LogP contribution in [0.4, 0.5) is 39.8 Å². The largest absolute Gasteiger partial charge is 0.505 e. The lowest BCUT2D eigenvalue weighted by atomic mass is 10.1. The van der Waals surface area contributed by atoms with Crippen LogP contribution in [-0.2, 0) is 30.4 Å². The second-order valence-corrected chi connectivity index (χ2v) is 16.0. The minimum atomic E-state index is -5.45. The number of nitro groups is 1. The van der Waals surface area contributed by atoms with Crippen molar-refractivity contribution >= 4 is 86.9 Å². The summed E-state index contributed by atoms with van der Waals surface area (Å²) in [4.78, 5) is 31.5. The fraction of sp³-hybridized carbons (Fsp3) is 0. The highest BCUT2D eigenvalue weighted by atomic mass is 32.2. The summed E-state index contributed by atoms with van der Waals surface area (Å²) in [6.07, 6.45) is 0. The quantitative estimate of drug-likeness (QED) is 0.0306. The maximum absolute atomic E-state index is 13.0. The number of phenolic OH excluding ortho intramolecular Hbond substituents is 2. The molecule has 28 heteroatoms. The molecule has 0 fully saturated rings. The molecule has 0 atom stereocenters. The lowest BCUT2D eigenvalue weighted by Crippen LogP contribution is -2.13. The van der Waals surface area contributed by atoms with Crippen molar-refractivity contribution in [2.24, 2.45) is 30.7 Å². The van der Waals surface area contributed by atoms with Crippen LogP contribution in [0.15, 0.2) is 135 Å². The molecule has 0 saturated carbocycles. The number of hydrogen-bond donors (Lipinski definition) is 7. The molecule has 7 N–H and O–H groups in total. The van der Waals surface area contributed by atoms with Gasteiger partial charge in [0.15, 0.2) is 22.9 Å². The van der Waals surface area contributed by atoms with Crippen LogP contribution in [0.3, 0.4) is 0 Å². The van der Waals surface area contributed by atoms with Gasteiger partial charge in [0.2, 0.25) is 0 Å². The number of nitro benzene ring substituents is 1. The normalized spacial score (nSPS) is 12.6. The number of aromatic amines is 1. The van der Waals surface area contributed by atoms with Gasteiger partial charge in [-0.3, -0.25) is 33.7 Å². The summed E-state index contributed by atoms with van der Waals surface area (Å²) in [5, 5.41) is 65.6. The number of H-pyrrole nitrogens is 1. The number of benzene rings is 5. The van der Waals surface area contributed by atoms with Crippen LogP contribution in [0.5, 0.6) is 11.5 Å². The number of carbonyl (C=O) groups is 1. The number of aromatic hydroxyl groups is 2. The Bertz CT molecular complexity index is 3280. The van der Waals surface area contributed by atoms with Gasteiger partial charge >= 0.3 is 5.97 Å². The maximum atomic E-state index is 13.0. The summed E-state index contributed by atoms with van der Waals surface area (Å²) >= 11 is 0. The van der Waals surface area contributed by atoms with Gasteiger partial charge in [0.1, 0.15) is 31.7 Å². The van der Waals surface area contributed by atoms with Crippen LogP contribution in [0.2, 0.25) is 0 Å². The lowest BCUT2D eigenvalue weighted by Gasteiger charge is -2.13. The first-order valence-electron chi connectivity index (χ1n) is 15.8. The first-order chi connectivity index (χ1) is 28.1. The highest BCUT2D eigenvalue weighted by molar-refractivity contribution is 7.86. The number of nitrogens with one attached hydrogen (secondary N) is 1. The molecule has 1 heterocycles. The Labute approximate surface area is 333 Å². The number of carboxylic acids is 1. The smallest absolute Gasteiger partial charge is 0.356 e. The van der Waals surface area contributed by atoms with E-state index in [-0.39, 0.29) is 17.1 Å². The summed E-state index contributed by atoms with van der Waals surface area (Å²) in [6.45, 7) is 0. The molecule has 0 saturated heterocycles. The third kappa shape index (κ3) is 8.47. The molecule has 25 nitrogen and oxygen atoms in total. The van der Waals surface area contributed by atoms with Crippen LogP contribution in [0.25, 0.3) is 16.5 Å². The van der Waals surface area contributed by atoms with Gasteiger partial charge in [-0.1, -0.05) is 18.2 Å². The van der Waals surface area contributed by atoms with Crippen LogP contribution < -0.4 is 5.56 Å². The number of non-ortho nitro benzene ring substituents is 1. The van der Waals surface area contributed by atoms with Crippen molar-refractivity contribution in [2.45, 2.75) is 14.7 Å². The van der Waals surface area contributed by atoms with E-state index in [0.717, 1.165) is 41.1 Å². The van der Waals surface area contributed by atoms with E-state index >= 15 is 0 Å². The number of aromatic carboxylic acids is 1. The van der Waals surface area contributed by atoms with Gasteiger partial charge < -0.3 is 15.3 Å². The second kappa shape index (κ2) is 15.6. The van der Waals surface area contributed by atoms with Gasteiger partial charge in [-0.15, -0.1) is 20.5 Å². The number of nitrogens with zero attached hydrogens (tertiary/aromatic N) is 8. The molecule has 0 bridgehead atoms. The van der Waals surface area contributed by atoms with E-state index in [4.69, 9.17) is 0 Å². The third-order valence-electron chi connectivity index (χ3n) is 7.97. The predicted octanol–water partition coefficient (Wildman–Crippen LogP) is 6.32. The van der Waals surface area contributed by atoms with E-state index < -0.39 is 118 Å². The summed E-state index contributed by atoms with van der Waals surface area (Å²) in [7, 11) is -16.1. The molecular formula is C32H21N9O16S3. The molecule has 0 amide bonds. The van der Waals surface area contributed by atoms with Crippen molar-refractivity contribution in [3.05, 3.63) is 111 Å². The van der Waals surface area contributed by atoms with Crippen molar-refractivity contribution in [3.8, 4) is 17.2 Å². The Hall–Kier alpha value is -7.63. The number of azo groups is 3. The van der Waals surface area contributed by atoms with Crippen LogP contribution in [-0.4, -0.2) is 74.9 Å². The monoisotopic (exact) mass is 883 g/mol. The fourth-order valence-corrected chi connectivity index (χ4v) is 7.25. The average Bonchev–Trinajstić information content (AvgIpc) is 3.51. The van der Waals surface area contributed by atoms with E-state index in [1.165, 1.54) is 12.1 Å². The first kappa shape index (κ1) is 42.0. The van der Waals surface area contributed by atoms with E-state index in [1.807, 2.05) is 0 Å². The number of hydrogen-bond acceptors (Lipinski definition) is 18. The summed E-state index contributed by atoms with van der Waals surface area (Å²) in [5.41, 5.74) is -6.10. The minimum Gasteiger partial charge on any atom is -0.505 e. The molecule has 6 rings (SSSR count). The van der Waals surface area contributed by atoms with E-state index in [1.54, 1.807) is 18.2 Å². The average molecular weight is 884 g/mol. The Balaban J connectivity index is 1.47. The highest BCUT2D eigenvalue weighted by Crippen LogP contribution is 2.50. The number of fused-ring (bicyclic) bond motifs is 1. The molecular weight excluding hydrogens is 863 g/mol. The number of rotatable bonds is 12. The zero-order valence-electron chi connectivity index (χ0n) is 29.2. The number of carboxylic acid groups (broad SMARTS) is 1. The number of aromatic nitrogens is 2. The lowest BCUT2D eigenvalue weighted by molar-refractivity contribution is -0.384. The zero-order chi connectivity index (χ0) is 43.9. The molecule has 0 unspecified atom stereocenters. The molecule has 0 aliphatic carbocycles. The van der Waals surface area contributed by atoms with Crippen LogP contribution in [0, 0.1) is 10.1 Å². The van der Waals surface area contributed by atoms with Crippen molar-refractivity contribution in [3.63, 3.8) is 0 Å². The van der Waals surface area contributed by atoms with E-state index in [9.17, 15) is 73.9 Å². The van der Waals surface area contributed by atoms with Crippen molar-refractivity contribution in [2.75, 3.05) is 0 Å². The third-order valence-corrected chi connectivity index (χ3v) is 10.6. The van der Waals surface area contributed by atoms with Gasteiger partial charge in [0.05, 0.1) is 27.4 Å². The van der Waals surface area contributed by atoms with Gasteiger partial charge in [-0.05, 0) is 60.0 Å². The van der Waals surface area contributed by atoms with E-state index in [2.05, 4.69) is 35.8 Å². The predicted molar refractivity (Wildman–Crippen MR) is 202 cm³/mol. The Morgan fingerprint density at radius 2 is 1.15 bits per heavy atom. The molecule has 0 aliphatic rings. The zero-order valence-corrected chi connectivity index (χ0v) is 31.6. The SMILES string of the molecule is O=C(O)c1[nH]n(-c2ccccc2)c(=O)c1N=Nc1ccc(N=Nc2c(S(=O)(=O)O)cc3cc(S(=O)(=O)O)c(N=Nc4ccc([N+](=O)[O-])cc4)c(O)c3c2O)c(S(=O)(=O)O)c1. The van der Waals surface area contributed by atoms with Crippen LogP contribution >= 0.6 is 0 Å². The molecule has 60 heavy (non-hydrogen) atoms. The standard InChI is InChI=1S/C32H21N9O16S3/c42-29-24-15(12-22(59(52,53)54)25(29)36-33-16-6-9-19(10-7-16)41(47)48)13-23(60(55,56)57)26(30(24)43)37-35-20-11-8-17(14-21(20)58(49,50)51)34-38-27-28(32(45)46)39-40(31(27)44)18-4-2-1-3-5-18/h1-14,39,42-43H,(H,45,46)(H,49,50,51)(H,52,53,54)(H,55,56,57). The second-order valence-electron chi connectivity index (χ2n) is 11.8.